The molecule has 0 bridgehead atoms. The van der Waals surface area contributed by atoms with Gasteiger partial charge in [-0.25, -0.2) is 13.1 Å². The molecule has 0 unspecified atom stereocenters. The van der Waals surface area contributed by atoms with Crippen LogP contribution in [0, 0.1) is 17.2 Å². The molecule has 0 aliphatic heterocycles. The van der Waals surface area contributed by atoms with E-state index >= 15 is 0 Å². The molecule has 1 aliphatic carbocycles. The van der Waals surface area contributed by atoms with Gasteiger partial charge < -0.3 is 10.1 Å². The number of nitrogens with zero attached hydrogens (tertiary/aromatic N) is 1. The van der Waals surface area contributed by atoms with Crippen LogP contribution in [-0.4, -0.2) is 39.0 Å². The molecule has 1 aromatic carbocycles. The van der Waals surface area contributed by atoms with Gasteiger partial charge in [-0.3, -0.25) is 9.59 Å². The predicted molar refractivity (Wildman–Crippen MR) is 97.1 cm³/mol. The number of sulfonamides is 1. The van der Waals surface area contributed by atoms with Crippen molar-refractivity contribution in [2.24, 2.45) is 5.92 Å². The second-order valence-electron chi connectivity index (χ2n) is 6.40. The van der Waals surface area contributed by atoms with Crippen molar-refractivity contribution in [2.45, 2.75) is 36.6 Å². The normalized spacial score (nSPS) is 16.0. The molecular formula is C17H20ClN3O5S. The maximum Gasteiger partial charge on any atom is 0.307 e. The van der Waals surface area contributed by atoms with Crippen LogP contribution in [0.2, 0.25) is 5.02 Å². The van der Waals surface area contributed by atoms with E-state index in [0.717, 1.165) is 12.8 Å². The van der Waals surface area contributed by atoms with Crippen molar-refractivity contribution in [2.75, 3.05) is 13.2 Å². The van der Waals surface area contributed by atoms with Gasteiger partial charge in [-0.15, -0.1) is 0 Å². The van der Waals surface area contributed by atoms with Gasteiger partial charge in [0.1, 0.15) is 5.54 Å². The van der Waals surface area contributed by atoms with Crippen molar-refractivity contribution in [1.29, 1.82) is 5.26 Å². The summed E-state index contributed by atoms with van der Waals surface area (Å²) in [5.74, 6) is -1.18. The molecule has 10 heteroatoms. The summed E-state index contributed by atoms with van der Waals surface area (Å²) in [5.41, 5.74) is -0.961. The largest absolute Gasteiger partial charge is 0.456 e. The number of ether oxygens (including phenoxy) is 1. The van der Waals surface area contributed by atoms with Gasteiger partial charge in [0.15, 0.2) is 6.61 Å². The molecule has 0 aromatic heterocycles. The summed E-state index contributed by atoms with van der Waals surface area (Å²) in [6.45, 7) is 0.937. The number of carbonyl (C=O) groups is 2. The molecule has 146 valence electrons. The van der Waals surface area contributed by atoms with E-state index in [9.17, 15) is 23.3 Å². The maximum absolute atomic E-state index is 12.0. The first-order valence-corrected chi connectivity index (χ1v) is 10.2. The number of halogens is 1. The third-order valence-electron chi connectivity index (χ3n) is 4.13. The minimum atomic E-state index is -3.77. The molecule has 1 fully saturated rings. The summed E-state index contributed by atoms with van der Waals surface area (Å²) in [4.78, 5) is 23.5. The molecule has 8 nitrogen and oxygen atoms in total. The van der Waals surface area contributed by atoms with Crippen LogP contribution < -0.4 is 10.0 Å². The Morgan fingerprint density at radius 2 is 1.96 bits per heavy atom. The molecule has 1 amide bonds. The van der Waals surface area contributed by atoms with Crippen LogP contribution in [0.25, 0.3) is 0 Å². The number of nitriles is 1. The highest BCUT2D eigenvalue weighted by atomic mass is 35.5. The second-order valence-corrected chi connectivity index (χ2v) is 8.60. The monoisotopic (exact) mass is 413 g/mol. The highest BCUT2D eigenvalue weighted by Crippen LogP contribution is 2.39. The summed E-state index contributed by atoms with van der Waals surface area (Å²) in [7, 11) is -3.77. The summed E-state index contributed by atoms with van der Waals surface area (Å²) >= 11 is 5.71. The van der Waals surface area contributed by atoms with Gasteiger partial charge in [-0.1, -0.05) is 11.6 Å². The minimum absolute atomic E-state index is 0.0236. The van der Waals surface area contributed by atoms with Crippen LogP contribution in [0.5, 0.6) is 0 Å². The fraction of sp³-hybridized carbons (Fsp3) is 0.471. The first kappa shape index (κ1) is 21.2. The third kappa shape index (κ3) is 6.20. The topological polar surface area (TPSA) is 125 Å². The van der Waals surface area contributed by atoms with Gasteiger partial charge >= 0.3 is 5.97 Å². The lowest BCUT2D eigenvalue weighted by Gasteiger charge is -2.22. The molecule has 1 aliphatic rings. The Morgan fingerprint density at radius 3 is 2.52 bits per heavy atom. The van der Waals surface area contributed by atoms with Gasteiger partial charge in [0, 0.05) is 11.6 Å². The average Bonchev–Trinajstić information content (AvgIpc) is 3.45. The molecule has 27 heavy (non-hydrogen) atoms. The molecule has 2 rings (SSSR count). The van der Waals surface area contributed by atoms with Gasteiger partial charge in [-0.05, 0) is 49.9 Å². The number of amides is 1. The number of rotatable bonds is 9. The number of hydrogen-bond acceptors (Lipinski definition) is 6. The van der Waals surface area contributed by atoms with Gasteiger partial charge in [-0.2, -0.15) is 5.26 Å². The lowest BCUT2D eigenvalue weighted by atomic mass is 9.98. The van der Waals surface area contributed by atoms with E-state index in [1.165, 1.54) is 24.3 Å². The lowest BCUT2D eigenvalue weighted by Crippen LogP contribution is -2.48. The zero-order chi connectivity index (χ0) is 20.1. The van der Waals surface area contributed by atoms with Crippen molar-refractivity contribution >= 4 is 33.5 Å². The van der Waals surface area contributed by atoms with Crippen LogP contribution in [0.15, 0.2) is 29.2 Å². The Hall–Kier alpha value is -2.15. The van der Waals surface area contributed by atoms with E-state index in [1.54, 1.807) is 6.92 Å². The minimum Gasteiger partial charge on any atom is -0.456 e. The fourth-order valence-corrected chi connectivity index (χ4v) is 3.57. The predicted octanol–water partition coefficient (Wildman–Crippen LogP) is 1.36. The molecule has 0 saturated heterocycles. The second kappa shape index (κ2) is 8.69. The zero-order valence-corrected chi connectivity index (χ0v) is 16.3. The number of carbonyl (C=O) groups excluding carboxylic acids is 2. The molecule has 0 radical (unpaired) electrons. The quantitative estimate of drug-likeness (QED) is 0.589. The zero-order valence-electron chi connectivity index (χ0n) is 14.7. The van der Waals surface area contributed by atoms with Gasteiger partial charge in [0.25, 0.3) is 5.91 Å². The van der Waals surface area contributed by atoms with Crippen LogP contribution in [-0.2, 0) is 24.3 Å². The van der Waals surface area contributed by atoms with Crippen molar-refractivity contribution in [3.63, 3.8) is 0 Å². The Bertz CT molecular complexity index is 846. The van der Waals surface area contributed by atoms with Crippen molar-refractivity contribution < 1.29 is 22.7 Å². The highest BCUT2D eigenvalue weighted by molar-refractivity contribution is 7.89. The Morgan fingerprint density at radius 1 is 1.33 bits per heavy atom. The molecule has 1 aromatic rings. The number of nitrogens with one attached hydrogen (secondary N) is 2. The van der Waals surface area contributed by atoms with Gasteiger partial charge in [0.05, 0.1) is 17.4 Å². The third-order valence-corrected chi connectivity index (χ3v) is 5.86. The van der Waals surface area contributed by atoms with Gasteiger partial charge in [0.2, 0.25) is 10.0 Å². The Labute approximate surface area is 162 Å². The molecule has 0 heterocycles. The SMILES string of the molecule is C[C@@](C#N)(NC(=O)COC(=O)CCNS(=O)(=O)c1ccc(Cl)cc1)C1CC1. The maximum atomic E-state index is 12.0. The van der Waals surface area contributed by atoms with Crippen molar-refractivity contribution in [3.05, 3.63) is 29.3 Å². The van der Waals surface area contributed by atoms with Crippen molar-refractivity contribution in [1.82, 2.24) is 10.0 Å². The molecule has 1 atom stereocenters. The fourth-order valence-electron chi connectivity index (χ4n) is 2.41. The molecular weight excluding hydrogens is 394 g/mol. The summed E-state index contributed by atoms with van der Waals surface area (Å²) in [5, 5.41) is 12.2. The van der Waals surface area contributed by atoms with E-state index < -0.39 is 34.0 Å². The lowest BCUT2D eigenvalue weighted by molar-refractivity contribution is -0.148. The summed E-state index contributed by atoms with van der Waals surface area (Å²) in [6.07, 6.45) is 1.51. The van der Waals surface area contributed by atoms with E-state index in [1.807, 2.05) is 0 Å². The average molecular weight is 414 g/mol. The summed E-state index contributed by atoms with van der Waals surface area (Å²) < 4.78 is 31.2. The van der Waals surface area contributed by atoms with Crippen LogP contribution in [0.1, 0.15) is 26.2 Å². The number of esters is 1. The highest BCUT2D eigenvalue weighted by Gasteiger charge is 2.43. The molecule has 1 saturated carbocycles. The first-order valence-electron chi connectivity index (χ1n) is 8.29. The Kier molecular flexibility index (Phi) is 6.81. The van der Waals surface area contributed by atoms with E-state index in [2.05, 4.69) is 16.1 Å². The van der Waals surface area contributed by atoms with Crippen LogP contribution >= 0.6 is 11.6 Å². The molecule has 2 N–H and O–H groups in total. The van der Waals surface area contributed by atoms with E-state index in [-0.39, 0.29) is 23.8 Å². The number of benzene rings is 1. The standard InChI is InChI=1S/C17H20ClN3O5S/c1-17(11-19,12-2-3-12)21-15(22)10-26-16(23)8-9-20-27(24,25)14-6-4-13(18)5-7-14/h4-7,12,20H,2-3,8-10H2,1H3,(H,21,22)/t17-/m0/s1. The van der Waals surface area contributed by atoms with Crippen molar-refractivity contribution in [3.8, 4) is 6.07 Å². The Balaban J connectivity index is 1.72. The van der Waals surface area contributed by atoms with Crippen LogP contribution in [0.3, 0.4) is 0 Å². The first-order chi connectivity index (χ1) is 12.7. The summed E-state index contributed by atoms with van der Waals surface area (Å²) in [6, 6.07) is 7.65. The number of hydrogen-bond donors (Lipinski definition) is 2. The molecule has 0 spiro atoms. The van der Waals surface area contributed by atoms with Crippen LogP contribution in [0.4, 0.5) is 0 Å². The van der Waals surface area contributed by atoms with E-state index in [4.69, 9.17) is 16.3 Å². The van der Waals surface area contributed by atoms with E-state index in [0.29, 0.717) is 5.02 Å². The smallest absolute Gasteiger partial charge is 0.307 e.